The van der Waals surface area contributed by atoms with E-state index in [0.717, 1.165) is 11.1 Å². The molecule has 1 aromatic rings. The summed E-state index contributed by atoms with van der Waals surface area (Å²) in [6.07, 6.45) is 0. The number of rotatable bonds is 4. The van der Waals surface area contributed by atoms with E-state index in [2.05, 4.69) is 5.32 Å². The molecule has 0 aliphatic rings. The zero-order valence-electron chi connectivity index (χ0n) is 12.1. The summed E-state index contributed by atoms with van der Waals surface area (Å²) < 4.78 is 4.71. The maximum atomic E-state index is 12.2. The van der Waals surface area contributed by atoms with Gasteiger partial charge in [0.25, 0.3) is 5.91 Å². The number of benzene rings is 1. The fourth-order valence-corrected chi connectivity index (χ4v) is 1.82. The lowest BCUT2D eigenvalue weighted by Gasteiger charge is -2.20. The average molecular weight is 263 g/mol. The second kappa shape index (κ2) is 6.36. The quantitative estimate of drug-likeness (QED) is 0.847. The van der Waals surface area contributed by atoms with Crippen LogP contribution in [-0.2, 0) is 9.53 Å². The highest BCUT2D eigenvalue weighted by atomic mass is 16.5. The van der Waals surface area contributed by atoms with E-state index in [1.807, 2.05) is 45.9 Å². The second-order valence-electron chi connectivity index (χ2n) is 5.04. The lowest BCUT2D eigenvalue weighted by Crippen LogP contribution is -2.45. The molecule has 0 aliphatic heterocycles. The van der Waals surface area contributed by atoms with Gasteiger partial charge in [0.05, 0.1) is 7.11 Å². The lowest BCUT2D eigenvalue weighted by atomic mass is 10.0. The van der Waals surface area contributed by atoms with E-state index in [1.165, 1.54) is 7.11 Å². The molecule has 4 heteroatoms. The summed E-state index contributed by atoms with van der Waals surface area (Å²) >= 11 is 0. The van der Waals surface area contributed by atoms with Gasteiger partial charge in [0.2, 0.25) is 0 Å². The molecule has 1 atom stereocenters. The van der Waals surface area contributed by atoms with Crippen LogP contribution in [0.3, 0.4) is 0 Å². The molecule has 0 heterocycles. The molecule has 0 saturated carbocycles. The molecular weight excluding hydrogens is 242 g/mol. The second-order valence-corrected chi connectivity index (χ2v) is 5.04. The van der Waals surface area contributed by atoms with E-state index in [4.69, 9.17) is 4.74 Å². The number of nitrogens with one attached hydrogen (secondary N) is 1. The predicted molar refractivity (Wildman–Crippen MR) is 74.0 cm³/mol. The number of amides is 1. The minimum absolute atomic E-state index is 0.0264. The summed E-state index contributed by atoms with van der Waals surface area (Å²) in [6.45, 7) is 7.53. The highest BCUT2D eigenvalue weighted by Gasteiger charge is 2.25. The van der Waals surface area contributed by atoms with Gasteiger partial charge in [-0.05, 0) is 31.4 Å². The zero-order chi connectivity index (χ0) is 14.6. The molecule has 1 rings (SSSR count). The predicted octanol–water partition coefficient (Wildman–Crippen LogP) is 2.23. The first-order valence-corrected chi connectivity index (χ1v) is 6.32. The van der Waals surface area contributed by atoms with Crippen LogP contribution in [0.5, 0.6) is 0 Å². The van der Waals surface area contributed by atoms with Crippen LogP contribution < -0.4 is 5.32 Å². The van der Waals surface area contributed by atoms with Crippen molar-refractivity contribution < 1.29 is 14.3 Å². The van der Waals surface area contributed by atoms with Gasteiger partial charge in [-0.2, -0.15) is 0 Å². The van der Waals surface area contributed by atoms with Crippen molar-refractivity contribution in [2.45, 2.75) is 33.7 Å². The van der Waals surface area contributed by atoms with Crippen molar-refractivity contribution in [3.63, 3.8) is 0 Å². The van der Waals surface area contributed by atoms with E-state index in [9.17, 15) is 9.59 Å². The highest BCUT2D eigenvalue weighted by Crippen LogP contribution is 2.12. The van der Waals surface area contributed by atoms with Crippen LogP contribution in [0, 0.1) is 19.8 Å². The fraction of sp³-hybridized carbons (Fsp3) is 0.467. The summed E-state index contributed by atoms with van der Waals surface area (Å²) in [7, 11) is 1.32. The Balaban J connectivity index is 2.94. The molecule has 1 unspecified atom stereocenters. The van der Waals surface area contributed by atoms with Crippen LogP contribution in [-0.4, -0.2) is 25.0 Å². The van der Waals surface area contributed by atoms with E-state index in [-0.39, 0.29) is 11.8 Å². The normalized spacial score (nSPS) is 12.1. The molecule has 0 bridgehead atoms. The van der Waals surface area contributed by atoms with Crippen molar-refractivity contribution in [1.82, 2.24) is 5.32 Å². The first-order valence-electron chi connectivity index (χ1n) is 6.32. The number of esters is 1. The third kappa shape index (κ3) is 3.81. The minimum Gasteiger partial charge on any atom is -0.467 e. The molecule has 1 aromatic carbocycles. The maximum absolute atomic E-state index is 12.2. The molecule has 19 heavy (non-hydrogen) atoms. The number of carbonyl (C=O) groups is 2. The summed E-state index contributed by atoms with van der Waals surface area (Å²) in [5, 5.41) is 2.74. The molecular formula is C15H21NO3. The van der Waals surface area contributed by atoms with Crippen molar-refractivity contribution in [2.75, 3.05) is 7.11 Å². The molecule has 0 spiro atoms. The smallest absolute Gasteiger partial charge is 0.328 e. The van der Waals surface area contributed by atoms with Crippen molar-refractivity contribution in [1.29, 1.82) is 0 Å². The van der Waals surface area contributed by atoms with Crippen LogP contribution in [0.1, 0.15) is 35.3 Å². The molecule has 1 amide bonds. The monoisotopic (exact) mass is 263 g/mol. The first-order chi connectivity index (χ1) is 8.86. The summed E-state index contributed by atoms with van der Waals surface area (Å²) in [6, 6.07) is 5.04. The summed E-state index contributed by atoms with van der Waals surface area (Å²) in [5.41, 5.74) is 2.49. The number of ether oxygens (including phenoxy) is 1. The van der Waals surface area contributed by atoms with Gasteiger partial charge in [-0.3, -0.25) is 4.79 Å². The molecule has 0 radical (unpaired) electrons. The van der Waals surface area contributed by atoms with Gasteiger partial charge in [0.15, 0.2) is 0 Å². The number of hydrogen-bond acceptors (Lipinski definition) is 3. The number of hydrogen-bond donors (Lipinski definition) is 1. The molecule has 104 valence electrons. The molecule has 1 N–H and O–H groups in total. The van der Waals surface area contributed by atoms with E-state index >= 15 is 0 Å². The van der Waals surface area contributed by atoms with Gasteiger partial charge in [0.1, 0.15) is 6.04 Å². The summed E-state index contributed by atoms with van der Waals surface area (Å²) in [4.78, 5) is 23.9. The molecule has 0 saturated heterocycles. The number of carbonyl (C=O) groups excluding carboxylic acids is 2. The van der Waals surface area contributed by atoms with Gasteiger partial charge in [-0.25, -0.2) is 4.79 Å². The lowest BCUT2D eigenvalue weighted by molar-refractivity contribution is -0.144. The van der Waals surface area contributed by atoms with Gasteiger partial charge >= 0.3 is 5.97 Å². The average Bonchev–Trinajstić information content (AvgIpc) is 2.37. The van der Waals surface area contributed by atoms with Crippen LogP contribution in [0.4, 0.5) is 0 Å². The Morgan fingerprint density at radius 1 is 1.21 bits per heavy atom. The Labute approximate surface area is 114 Å². The Morgan fingerprint density at radius 2 is 1.84 bits per heavy atom. The van der Waals surface area contributed by atoms with Gasteiger partial charge in [-0.15, -0.1) is 0 Å². The first kappa shape index (κ1) is 15.2. The topological polar surface area (TPSA) is 55.4 Å². The van der Waals surface area contributed by atoms with Gasteiger partial charge in [0, 0.05) is 5.56 Å². The van der Waals surface area contributed by atoms with Crippen molar-refractivity contribution in [3.8, 4) is 0 Å². The Hall–Kier alpha value is -1.84. The van der Waals surface area contributed by atoms with Crippen LogP contribution in [0.2, 0.25) is 0 Å². The number of methoxy groups -OCH3 is 1. The molecule has 4 nitrogen and oxygen atoms in total. The number of aryl methyl sites for hydroxylation is 2. The van der Waals surface area contributed by atoms with Gasteiger partial charge < -0.3 is 10.1 Å². The van der Waals surface area contributed by atoms with Crippen molar-refractivity contribution in [3.05, 3.63) is 34.9 Å². The maximum Gasteiger partial charge on any atom is 0.328 e. The van der Waals surface area contributed by atoms with Crippen molar-refractivity contribution >= 4 is 11.9 Å². The molecule has 0 fully saturated rings. The van der Waals surface area contributed by atoms with Crippen LogP contribution in [0.25, 0.3) is 0 Å². The van der Waals surface area contributed by atoms with E-state index < -0.39 is 12.0 Å². The fourth-order valence-electron chi connectivity index (χ4n) is 1.82. The van der Waals surface area contributed by atoms with E-state index in [1.54, 1.807) is 0 Å². The Bertz CT molecular complexity index is 480. The third-order valence-corrected chi connectivity index (χ3v) is 3.05. The zero-order valence-corrected chi connectivity index (χ0v) is 12.1. The van der Waals surface area contributed by atoms with Gasteiger partial charge in [-0.1, -0.05) is 31.5 Å². The largest absolute Gasteiger partial charge is 0.467 e. The highest BCUT2D eigenvalue weighted by molar-refractivity contribution is 5.98. The standard InChI is InChI=1S/C15H21NO3/c1-9(2)13(15(18)19-5)16-14(17)12-8-10(3)6-7-11(12)4/h6-9,13H,1-5H3,(H,16,17). The molecule has 0 aromatic heterocycles. The van der Waals surface area contributed by atoms with E-state index in [0.29, 0.717) is 5.56 Å². The SMILES string of the molecule is COC(=O)C(NC(=O)c1cc(C)ccc1C)C(C)C. The third-order valence-electron chi connectivity index (χ3n) is 3.05. The van der Waals surface area contributed by atoms with Crippen molar-refractivity contribution in [2.24, 2.45) is 5.92 Å². The summed E-state index contributed by atoms with van der Waals surface area (Å²) in [5.74, 6) is -0.694. The molecule has 0 aliphatic carbocycles. The Morgan fingerprint density at radius 3 is 2.37 bits per heavy atom. The minimum atomic E-state index is -0.627. The van der Waals surface area contributed by atoms with Crippen LogP contribution >= 0.6 is 0 Å². The Kier molecular flexibility index (Phi) is 5.10. The van der Waals surface area contributed by atoms with Crippen LogP contribution in [0.15, 0.2) is 18.2 Å².